The smallest absolute Gasteiger partial charge is 0.101 e. The molecule has 0 aliphatic carbocycles. The van der Waals surface area contributed by atoms with E-state index in [1.807, 2.05) is 60.5 Å². The molecule has 3 aromatic rings. The molecule has 3 heterocycles. The van der Waals surface area contributed by atoms with Crippen molar-refractivity contribution in [3.05, 3.63) is 90.0 Å². The van der Waals surface area contributed by atoms with Gasteiger partial charge in [-0.3, -0.25) is 14.8 Å². The second-order valence-electron chi connectivity index (χ2n) is 7.96. The number of rotatable bonds is 3. The van der Waals surface area contributed by atoms with Crippen LogP contribution in [0.3, 0.4) is 0 Å². The first kappa shape index (κ1) is 17.7. The van der Waals surface area contributed by atoms with Crippen molar-refractivity contribution < 1.29 is 9.94 Å². The molecular weight excluding hydrogens is 376 g/mol. The van der Waals surface area contributed by atoms with Crippen LogP contribution in [0.1, 0.15) is 17.2 Å². The van der Waals surface area contributed by atoms with Gasteiger partial charge in [-0.05, 0) is 36.8 Å². The van der Waals surface area contributed by atoms with Crippen LogP contribution >= 0.6 is 0 Å². The van der Waals surface area contributed by atoms with E-state index in [9.17, 15) is 5.11 Å². The van der Waals surface area contributed by atoms with Gasteiger partial charge in [-0.1, -0.05) is 60.2 Å². The van der Waals surface area contributed by atoms with Gasteiger partial charge >= 0.3 is 0 Å². The van der Waals surface area contributed by atoms with E-state index in [0.29, 0.717) is 0 Å². The first-order chi connectivity index (χ1) is 14.7. The SMILES string of the molecule is Cc1ccc(N2NOC([O-])C2C2=Nc3ccccc3N3C2C3c2ccccc2)cc1. The van der Waals surface area contributed by atoms with E-state index in [2.05, 4.69) is 40.8 Å². The summed E-state index contributed by atoms with van der Waals surface area (Å²) in [5.41, 5.74) is 8.94. The average molecular weight is 397 g/mol. The second-order valence-corrected chi connectivity index (χ2v) is 7.96. The van der Waals surface area contributed by atoms with Crippen LogP contribution in [0.25, 0.3) is 0 Å². The number of aryl methyl sites for hydroxylation is 1. The predicted octanol–water partition coefficient (Wildman–Crippen LogP) is 3.02. The number of hydrogen-bond acceptors (Lipinski definition) is 6. The highest BCUT2D eigenvalue weighted by Crippen LogP contribution is 2.54. The monoisotopic (exact) mass is 397 g/mol. The maximum Gasteiger partial charge on any atom is 0.101 e. The Bertz CT molecular complexity index is 1110. The molecule has 0 aromatic heterocycles. The van der Waals surface area contributed by atoms with E-state index < -0.39 is 12.3 Å². The predicted molar refractivity (Wildman–Crippen MR) is 114 cm³/mol. The molecule has 0 saturated carbocycles. The van der Waals surface area contributed by atoms with Gasteiger partial charge in [0, 0.05) is 6.29 Å². The standard InChI is InChI=1S/C24H21N4O2/c1-15-11-13-17(14-12-15)28-23(24(29)30-26-28)20-22-21(16-7-3-2-4-8-16)27(22)19-10-6-5-9-18(19)25-20/h2-14,21-24,26H,1H3/q-1. The van der Waals surface area contributed by atoms with Crippen molar-refractivity contribution in [2.45, 2.75) is 31.3 Å². The van der Waals surface area contributed by atoms with Crippen LogP contribution in [-0.4, -0.2) is 24.1 Å². The summed E-state index contributed by atoms with van der Waals surface area (Å²) in [6.45, 7) is 2.04. The Morgan fingerprint density at radius 3 is 2.40 bits per heavy atom. The summed E-state index contributed by atoms with van der Waals surface area (Å²) in [6.07, 6.45) is -1.27. The summed E-state index contributed by atoms with van der Waals surface area (Å²) in [5.74, 6) is 0. The zero-order valence-electron chi connectivity index (χ0n) is 16.5. The molecule has 3 aliphatic rings. The number of nitrogens with one attached hydrogen (secondary N) is 1. The molecule has 6 heteroatoms. The minimum Gasteiger partial charge on any atom is -0.828 e. The van der Waals surface area contributed by atoms with E-state index in [-0.39, 0.29) is 12.1 Å². The van der Waals surface area contributed by atoms with E-state index in [0.717, 1.165) is 28.3 Å². The molecule has 0 spiro atoms. The van der Waals surface area contributed by atoms with Crippen molar-refractivity contribution in [2.24, 2.45) is 4.99 Å². The molecule has 3 aliphatic heterocycles. The number of fused-ring (bicyclic) bond motifs is 3. The Balaban J connectivity index is 1.44. The quantitative estimate of drug-likeness (QED) is 0.689. The Morgan fingerprint density at radius 1 is 0.867 bits per heavy atom. The lowest BCUT2D eigenvalue weighted by atomic mass is 10.0. The molecule has 6 rings (SSSR count). The fraction of sp³-hybridized carbons (Fsp3) is 0.208. The molecule has 2 saturated heterocycles. The molecule has 0 amide bonds. The van der Waals surface area contributed by atoms with Crippen LogP contribution in [0.4, 0.5) is 17.1 Å². The van der Waals surface area contributed by atoms with Gasteiger partial charge in [0.1, 0.15) is 6.04 Å². The lowest BCUT2D eigenvalue weighted by Crippen LogP contribution is -2.51. The summed E-state index contributed by atoms with van der Waals surface area (Å²) >= 11 is 0. The zero-order valence-corrected chi connectivity index (χ0v) is 16.5. The first-order valence-corrected chi connectivity index (χ1v) is 10.2. The van der Waals surface area contributed by atoms with Gasteiger partial charge in [-0.25, -0.2) is 0 Å². The van der Waals surface area contributed by atoms with Gasteiger partial charge < -0.3 is 10.0 Å². The van der Waals surface area contributed by atoms with E-state index in [1.165, 1.54) is 5.56 Å². The van der Waals surface area contributed by atoms with Gasteiger partial charge in [0.2, 0.25) is 0 Å². The van der Waals surface area contributed by atoms with Gasteiger partial charge in [-0.2, -0.15) is 0 Å². The zero-order chi connectivity index (χ0) is 20.2. The van der Waals surface area contributed by atoms with Crippen LogP contribution in [0.5, 0.6) is 0 Å². The van der Waals surface area contributed by atoms with E-state index >= 15 is 0 Å². The van der Waals surface area contributed by atoms with Gasteiger partial charge in [0.25, 0.3) is 0 Å². The van der Waals surface area contributed by atoms with Crippen molar-refractivity contribution in [3.8, 4) is 0 Å². The Labute approximate surface area is 175 Å². The molecule has 4 atom stereocenters. The van der Waals surface area contributed by atoms with Crippen LogP contribution in [0, 0.1) is 6.92 Å². The fourth-order valence-corrected chi connectivity index (χ4v) is 4.59. The van der Waals surface area contributed by atoms with E-state index in [4.69, 9.17) is 9.83 Å². The molecule has 1 N–H and O–H groups in total. The molecule has 0 radical (unpaired) electrons. The van der Waals surface area contributed by atoms with Crippen LogP contribution < -0.4 is 20.6 Å². The van der Waals surface area contributed by atoms with Crippen LogP contribution in [0.2, 0.25) is 0 Å². The molecule has 0 bridgehead atoms. The Morgan fingerprint density at radius 2 is 1.60 bits per heavy atom. The lowest BCUT2D eigenvalue weighted by Gasteiger charge is -2.31. The van der Waals surface area contributed by atoms with Crippen molar-refractivity contribution in [3.63, 3.8) is 0 Å². The Hall–Kier alpha value is -3.19. The highest BCUT2D eigenvalue weighted by Gasteiger charge is 2.57. The summed E-state index contributed by atoms with van der Waals surface area (Å²) < 4.78 is 0. The molecule has 150 valence electrons. The minimum absolute atomic E-state index is 0.0419. The summed E-state index contributed by atoms with van der Waals surface area (Å²) in [7, 11) is 0. The highest BCUT2D eigenvalue weighted by molar-refractivity contribution is 6.09. The largest absolute Gasteiger partial charge is 0.828 e. The van der Waals surface area contributed by atoms with Gasteiger partial charge in [-0.15, -0.1) is 5.59 Å². The topological polar surface area (TPSA) is 62.9 Å². The third-order valence-electron chi connectivity index (χ3n) is 6.08. The Kier molecular flexibility index (Phi) is 3.92. The maximum atomic E-state index is 12.9. The lowest BCUT2D eigenvalue weighted by molar-refractivity contribution is -0.487. The third kappa shape index (κ3) is 2.65. The van der Waals surface area contributed by atoms with Crippen molar-refractivity contribution >= 4 is 22.8 Å². The maximum absolute atomic E-state index is 12.9. The van der Waals surface area contributed by atoms with Crippen molar-refractivity contribution in [2.75, 3.05) is 9.91 Å². The molecule has 2 fully saturated rings. The number of aliphatic imine (C=N–C) groups is 1. The second kappa shape index (κ2) is 6.67. The number of nitrogens with zero attached hydrogens (tertiary/aromatic N) is 3. The van der Waals surface area contributed by atoms with Crippen molar-refractivity contribution in [1.29, 1.82) is 0 Å². The molecule has 4 unspecified atom stereocenters. The number of hydrogen-bond donors (Lipinski definition) is 1. The van der Waals surface area contributed by atoms with Crippen LogP contribution in [0.15, 0.2) is 83.9 Å². The summed E-state index contributed by atoms with van der Waals surface area (Å²) in [4.78, 5) is 12.7. The third-order valence-corrected chi connectivity index (χ3v) is 6.08. The number of hydrazine groups is 1. The average Bonchev–Trinajstić information content (AvgIpc) is 3.43. The molecular formula is C24H21N4O2-. The molecule has 3 aromatic carbocycles. The van der Waals surface area contributed by atoms with E-state index in [1.54, 1.807) is 0 Å². The molecule has 6 nitrogen and oxygen atoms in total. The van der Waals surface area contributed by atoms with Crippen LogP contribution in [-0.2, 0) is 4.84 Å². The number of benzene rings is 3. The fourth-order valence-electron chi connectivity index (χ4n) is 4.59. The van der Waals surface area contributed by atoms with Gasteiger partial charge in [0.15, 0.2) is 0 Å². The molecule has 30 heavy (non-hydrogen) atoms. The number of anilines is 2. The normalized spacial score (nSPS) is 26.8. The summed E-state index contributed by atoms with van der Waals surface area (Å²) in [6, 6.07) is 26.2. The minimum atomic E-state index is -1.27. The summed E-state index contributed by atoms with van der Waals surface area (Å²) in [5, 5.41) is 14.7. The van der Waals surface area contributed by atoms with Gasteiger partial charge in [0.05, 0.1) is 34.9 Å². The first-order valence-electron chi connectivity index (χ1n) is 10.2. The van der Waals surface area contributed by atoms with Crippen molar-refractivity contribution in [1.82, 2.24) is 5.59 Å². The number of para-hydroxylation sites is 2. The highest BCUT2D eigenvalue weighted by atomic mass is 16.8.